The summed E-state index contributed by atoms with van der Waals surface area (Å²) in [5.74, 6) is 1.78. The molecule has 0 N–H and O–H groups in total. The van der Waals surface area contributed by atoms with Crippen LogP contribution in [-0.4, -0.2) is 21.4 Å². The summed E-state index contributed by atoms with van der Waals surface area (Å²) in [6.45, 7) is 17.6. The van der Waals surface area contributed by atoms with E-state index in [0.717, 1.165) is 44.3 Å². The molecule has 0 aromatic heterocycles. The van der Waals surface area contributed by atoms with E-state index >= 15 is 0 Å². The summed E-state index contributed by atoms with van der Waals surface area (Å²) < 4.78 is 11.3. The Hall–Kier alpha value is -1.03. The molecule has 4 heteroatoms. The smallest absolute Gasteiger partial charge is 0.312 e. The lowest BCUT2D eigenvalue weighted by atomic mass is 9.51. The fourth-order valence-electron chi connectivity index (χ4n) is 5.06. The van der Waals surface area contributed by atoms with Crippen molar-refractivity contribution in [1.82, 2.24) is 0 Å². The molecule has 0 heterocycles. The molecule has 2 aliphatic rings. The normalized spacial score (nSPS) is 34.5. The standard InChI is InChI=1S/C22H38O3Si/c1-16-11-12-19-18(10-9-14-22(19,4)20(23)24-5)21(16,3)15-13-17(2)25-26(6,7)8/h10,16,19H,2,9,11-15H2,1,3-8H3/t16?,19-,21-,22-/m0/s1. The molecule has 2 aliphatic carbocycles. The van der Waals surface area contributed by atoms with Crippen LogP contribution in [0.1, 0.15) is 59.3 Å². The fraction of sp³-hybridized carbons (Fsp3) is 0.773. The molecule has 148 valence electrons. The maximum Gasteiger partial charge on any atom is 0.312 e. The summed E-state index contributed by atoms with van der Waals surface area (Å²) >= 11 is 0. The minimum atomic E-state index is -1.60. The molecule has 0 aliphatic heterocycles. The van der Waals surface area contributed by atoms with Crippen LogP contribution < -0.4 is 0 Å². The van der Waals surface area contributed by atoms with Gasteiger partial charge in [0.25, 0.3) is 0 Å². The van der Waals surface area contributed by atoms with Crippen LogP contribution in [0, 0.1) is 22.7 Å². The number of carbonyl (C=O) groups is 1. The van der Waals surface area contributed by atoms with E-state index in [1.807, 2.05) is 0 Å². The first-order chi connectivity index (χ1) is 11.9. The molecule has 0 aromatic rings. The highest BCUT2D eigenvalue weighted by Crippen LogP contribution is 2.58. The van der Waals surface area contributed by atoms with E-state index in [1.54, 1.807) is 0 Å². The third-order valence-electron chi connectivity index (χ3n) is 6.83. The van der Waals surface area contributed by atoms with Gasteiger partial charge in [-0.15, -0.1) is 0 Å². The lowest BCUT2D eigenvalue weighted by Gasteiger charge is -2.53. The second kappa shape index (κ2) is 7.53. The molecule has 0 bridgehead atoms. The number of fused-ring (bicyclic) bond motifs is 1. The lowest BCUT2D eigenvalue weighted by Crippen LogP contribution is -2.47. The van der Waals surface area contributed by atoms with Gasteiger partial charge in [-0.05, 0) is 75.9 Å². The first-order valence-electron chi connectivity index (χ1n) is 10.1. The predicted molar refractivity (Wildman–Crippen MR) is 110 cm³/mol. The Labute approximate surface area is 161 Å². The summed E-state index contributed by atoms with van der Waals surface area (Å²) in [6.07, 6.45) is 8.46. The van der Waals surface area contributed by atoms with E-state index in [0.29, 0.717) is 11.8 Å². The highest BCUT2D eigenvalue weighted by atomic mass is 28.4. The van der Waals surface area contributed by atoms with Gasteiger partial charge in [0.1, 0.15) is 0 Å². The van der Waals surface area contributed by atoms with Gasteiger partial charge in [0, 0.05) is 6.42 Å². The van der Waals surface area contributed by atoms with E-state index in [2.05, 4.69) is 53.1 Å². The topological polar surface area (TPSA) is 35.5 Å². The highest BCUT2D eigenvalue weighted by molar-refractivity contribution is 6.70. The molecule has 0 radical (unpaired) electrons. The number of rotatable bonds is 6. The van der Waals surface area contributed by atoms with Crippen molar-refractivity contribution in [2.75, 3.05) is 7.11 Å². The zero-order valence-electron chi connectivity index (χ0n) is 17.9. The number of hydrogen-bond acceptors (Lipinski definition) is 3. The number of carbonyl (C=O) groups excluding carboxylic acids is 1. The molecular formula is C22H38O3Si. The first kappa shape index (κ1) is 21.3. The van der Waals surface area contributed by atoms with Crippen molar-refractivity contribution in [2.24, 2.45) is 22.7 Å². The number of hydrogen-bond donors (Lipinski definition) is 0. The SMILES string of the molecule is C=C(CC[C@]1(C)C2=CCC[C@](C)(C(=O)OC)[C@H]2CCC1C)O[Si](C)(C)C. The van der Waals surface area contributed by atoms with Gasteiger partial charge < -0.3 is 9.16 Å². The van der Waals surface area contributed by atoms with Gasteiger partial charge in [-0.1, -0.05) is 32.1 Å². The van der Waals surface area contributed by atoms with E-state index in [9.17, 15) is 4.79 Å². The average Bonchev–Trinajstić information content (AvgIpc) is 2.55. The quantitative estimate of drug-likeness (QED) is 0.243. The van der Waals surface area contributed by atoms with Gasteiger partial charge >= 0.3 is 5.97 Å². The highest BCUT2D eigenvalue weighted by Gasteiger charge is 2.52. The van der Waals surface area contributed by atoms with Crippen LogP contribution in [0.3, 0.4) is 0 Å². The Kier molecular flexibility index (Phi) is 6.16. The molecule has 0 saturated heterocycles. The van der Waals surface area contributed by atoms with Crippen LogP contribution in [0.2, 0.25) is 19.6 Å². The van der Waals surface area contributed by atoms with E-state index in [1.165, 1.54) is 12.7 Å². The largest absolute Gasteiger partial charge is 0.548 e. The Morgan fingerprint density at radius 3 is 2.54 bits per heavy atom. The first-order valence-corrected chi connectivity index (χ1v) is 13.5. The maximum absolute atomic E-state index is 12.6. The van der Waals surface area contributed by atoms with Gasteiger partial charge in [0.05, 0.1) is 18.3 Å². The lowest BCUT2D eigenvalue weighted by molar-refractivity contribution is -0.156. The van der Waals surface area contributed by atoms with Crippen LogP contribution in [0.25, 0.3) is 0 Å². The van der Waals surface area contributed by atoms with Crippen molar-refractivity contribution in [2.45, 2.75) is 78.9 Å². The molecule has 2 rings (SSSR count). The minimum absolute atomic E-state index is 0.0449. The molecule has 26 heavy (non-hydrogen) atoms. The van der Waals surface area contributed by atoms with Crippen molar-refractivity contribution >= 4 is 14.3 Å². The third-order valence-corrected chi connectivity index (χ3v) is 7.73. The minimum Gasteiger partial charge on any atom is -0.548 e. The fourth-order valence-corrected chi connectivity index (χ4v) is 6.03. The van der Waals surface area contributed by atoms with Crippen LogP contribution in [0.15, 0.2) is 24.0 Å². The molecule has 0 amide bonds. The van der Waals surface area contributed by atoms with Crippen LogP contribution in [0.4, 0.5) is 0 Å². The van der Waals surface area contributed by atoms with Gasteiger partial charge in [-0.3, -0.25) is 4.79 Å². The Balaban J connectivity index is 2.23. The Morgan fingerprint density at radius 1 is 1.31 bits per heavy atom. The molecule has 3 nitrogen and oxygen atoms in total. The Morgan fingerprint density at radius 2 is 1.96 bits per heavy atom. The summed E-state index contributed by atoms with van der Waals surface area (Å²) in [6, 6.07) is 0. The molecule has 0 spiro atoms. The zero-order valence-corrected chi connectivity index (χ0v) is 18.9. The van der Waals surface area contributed by atoms with Crippen molar-refractivity contribution in [3.8, 4) is 0 Å². The molecule has 0 aromatic carbocycles. The van der Waals surface area contributed by atoms with Gasteiger partial charge in [0.15, 0.2) is 0 Å². The van der Waals surface area contributed by atoms with Crippen molar-refractivity contribution in [3.63, 3.8) is 0 Å². The average molecular weight is 379 g/mol. The second-order valence-electron chi connectivity index (χ2n) is 9.81. The van der Waals surface area contributed by atoms with Crippen molar-refractivity contribution in [1.29, 1.82) is 0 Å². The van der Waals surface area contributed by atoms with Crippen molar-refractivity contribution in [3.05, 3.63) is 24.0 Å². The van der Waals surface area contributed by atoms with E-state index < -0.39 is 8.32 Å². The molecule has 1 saturated carbocycles. The van der Waals surface area contributed by atoms with Crippen LogP contribution in [0.5, 0.6) is 0 Å². The monoisotopic (exact) mass is 378 g/mol. The van der Waals surface area contributed by atoms with E-state index in [4.69, 9.17) is 9.16 Å². The van der Waals surface area contributed by atoms with Gasteiger partial charge in [-0.25, -0.2) is 0 Å². The number of allylic oxidation sites excluding steroid dienone is 3. The summed E-state index contributed by atoms with van der Waals surface area (Å²) in [4.78, 5) is 12.6. The molecule has 4 atom stereocenters. The summed E-state index contributed by atoms with van der Waals surface area (Å²) in [5.41, 5.74) is 1.20. The van der Waals surface area contributed by atoms with Crippen LogP contribution >= 0.6 is 0 Å². The molecule has 1 fully saturated rings. The van der Waals surface area contributed by atoms with Crippen molar-refractivity contribution < 1.29 is 14.0 Å². The summed E-state index contributed by atoms with van der Waals surface area (Å²) in [5, 5.41) is 0. The van der Waals surface area contributed by atoms with Crippen LogP contribution in [-0.2, 0) is 14.0 Å². The van der Waals surface area contributed by atoms with Gasteiger partial charge in [0.2, 0.25) is 8.32 Å². The molecule has 1 unspecified atom stereocenters. The number of esters is 1. The Bertz CT molecular complexity index is 589. The summed E-state index contributed by atoms with van der Waals surface area (Å²) in [7, 11) is -0.0793. The maximum atomic E-state index is 12.6. The predicted octanol–water partition coefficient (Wildman–Crippen LogP) is 6.08. The third kappa shape index (κ3) is 4.10. The number of methoxy groups -OCH3 is 1. The zero-order chi connectivity index (χ0) is 19.8. The second-order valence-corrected chi connectivity index (χ2v) is 14.2. The number of ether oxygens (including phenoxy) is 1. The van der Waals surface area contributed by atoms with E-state index in [-0.39, 0.29) is 16.8 Å². The van der Waals surface area contributed by atoms with Gasteiger partial charge in [-0.2, -0.15) is 0 Å². The molecular weight excluding hydrogens is 340 g/mol.